The SMILES string of the molecule is Cc1cc(S(=O)(=O)O)ccc1Nc1nc(Cl)nc(Nc2ccc(N=Nc3c(S(=O)(=O)O)cc4c(c3N)C(=O)/C(=N\Nc3ccc(Nc5nc(Cl)nc(Nc6cc(S(=O)(=O)O)ccc6C)n5)cc3S(=O)(=O)O)C(S(=O)(=O)O)=C4)c(S(=O)(=O)O)c2)n1. The molecule has 0 unspecified atom stereocenters. The number of aryl methyl sites for hydroxylation is 2. The van der Waals surface area contributed by atoms with Gasteiger partial charge in [0.25, 0.3) is 60.7 Å². The van der Waals surface area contributed by atoms with Crippen LogP contribution < -0.4 is 32.4 Å². The van der Waals surface area contributed by atoms with Crippen LogP contribution in [0.5, 0.6) is 0 Å². The van der Waals surface area contributed by atoms with Crippen molar-refractivity contribution in [2.24, 2.45) is 15.3 Å². The number of aromatic nitrogens is 6. The molecule has 0 spiro atoms. The molecule has 42 heteroatoms. The maximum atomic E-state index is 14.3. The van der Waals surface area contributed by atoms with Crippen LogP contribution in [0.1, 0.15) is 27.0 Å². The molecule has 8 rings (SSSR count). The van der Waals surface area contributed by atoms with E-state index in [1.165, 1.54) is 19.1 Å². The van der Waals surface area contributed by atoms with Crippen molar-refractivity contribution in [3.63, 3.8) is 0 Å². The van der Waals surface area contributed by atoms with Gasteiger partial charge >= 0.3 is 0 Å². The number of hydrazone groups is 1. The number of allylic oxidation sites excluding steroid dienone is 1. The van der Waals surface area contributed by atoms with Gasteiger partial charge in [-0.15, -0.1) is 10.2 Å². The number of nitrogens with two attached hydrogens (primary N) is 1. The Labute approximate surface area is 483 Å². The molecule has 13 N–H and O–H groups in total. The van der Waals surface area contributed by atoms with Crippen molar-refractivity contribution in [2.75, 3.05) is 32.4 Å². The number of ketones is 1. The number of fused-ring (bicyclic) bond motifs is 1. The van der Waals surface area contributed by atoms with E-state index in [1.807, 2.05) is 0 Å². The lowest BCUT2D eigenvalue weighted by Crippen LogP contribution is -2.28. The van der Waals surface area contributed by atoms with Crippen LogP contribution in [-0.2, 0) is 60.7 Å². The van der Waals surface area contributed by atoms with E-state index in [4.69, 9.17) is 28.9 Å². The van der Waals surface area contributed by atoms with Crippen molar-refractivity contribution in [1.29, 1.82) is 0 Å². The van der Waals surface area contributed by atoms with Gasteiger partial charge in [0, 0.05) is 22.7 Å². The summed E-state index contributed by atoms with van der Waals surface area (Å²) in [6, 6.07) is 13.0. The van der Waals surface area contributed by atoms with Crippen molar-refractivity contribution in [1.82, 2.24) is 29.9 Å². The molecule has 0 atom stereocenters. The van der Waals surface area contributed by atoms with Crippen molar-refractivity contribution in [3.05, 3.63) is 117 Å². The summed E-state index contributed by atoms with van der Waals surface area (Å²) < 4.78 is 209. The summed E-state index contributed by atoms with van der Waals surface area (Å²) in [7, 11) is -30.9. The Bertz CT molecular complexity index is 4810. The van der Waals surface area contributed by atoms with Crippen LogP contribution in [0.4, 0.5) is 69.3 Å². The fraction of sp³-hybridized carbons (Fsp3) is 0.0476. The molecule has 0 fully saturated rings. The smallest absolute Gasteiger partial charge is 0.296 e. The zero-order chi connectivity index (χ0) is 61.8. The third kappa shape index (κ3) is 14.2. The summed E-state index contributed by atoms with van der Waals surface area (Å²) in [4.78, 5) is 32.5. The lowest BCUT2D eigenvalue weighted by atomic mass is 9.92. The van der Waals surface area contributed by atoms with Crippen molar-refractivity contribution in [2.45, 2.75) is 38.3 Å². The van der Waals surface area contributed by atoms with Crippen LogP contribution in [0.3, 0.4) is 0 Å². The third-order valence-electron chi connectivity index (χ3n) is 11.1. The van der Waals surface area contributed by atoms with Crippen molar-refractivity contribution >= 4 is 171 Å². The number of rotatable bonds is 18. The van der Waals surface area contributed by atoms with E-state index in [1.54, 1.807) is 6.92 Å². The van der Waals surface area contributed by atoms with Crippen LogP contribution >= 0.6 is 23.2 Å². The molecule has 5 aromatic carbocycles. The maximum Gasteiger partial charge on any atom is 0.296 e. The summed E-state index contributed by atoms with van der Waals surface area (Å²) in [5, 5.41) is 20.8. The lowest BCUT2D eigenvalue weighted by molar-refractivity contribution is 0.106. The van der Waals surface area contributed by atoms with Crippen LogP contribution in [0.15, 0.2) is 124 Å². The molecule has 0 saturated heterocycles. The highest BCUT2D eigenvalue weighted by Crippen LogP contribution is 2.42. The summed E-state index contributed by atoms with van der Waals surface area (Å²) in [5.74, 6) is -2.83. The highest BCUT2D eigenvalue weighted by atomic mass is 35.5. The Morgan fingerprint density at radius 2 is 0.976 bits per heavy atom. The summed E-state index contributed by atoms with van der Waals surface area (Å²) in [6.07, 6.45) is 0.469. The zero-order valence-electron chi connectivity index (χ0n) is 41.4. The number of nitrogens with one attached hydrogen (secondary N) is 5. The summed E-state index contributed by atoms with van der Waals surface area (Å²) in [6.45, 7) is 3.06. The van der Waals surface area contributed by atoms with E-state index in [9.17, 15) is 82.6 Å². The van der Waals surface area contributed by atoms with Gasteiger partial charge in [-0.05, 0) is 133 Å². The maximum absolute atomic E-state index is 14.3. The molecule has 34 nitrogen and oxygen atoms in total. The summed E-state index contributed by atoms with van der Waals surface area (Å²) in [5.41, 5.74) is 2.63. The second kappa shape index (κ2) is 22.7. The quantitative estimate of drug-likeness (QED) is 0.0200. The average molecular weight is 1320 g/mol. The third-order valence-corrected chi connectivity index (χ3v) is 16.7. The Hall–Kier alpha value is -8.36. The molecule has 7 aromatic rings. The van der Waals surface area contributed by atoms with Gasteiger partial charge in [-0.1, -0.05) is 6.07 Å². The predicted molar refractivity (Wildman–Crippen MR) is 297 cm³/mol. The Kier molecular flexibility index (Phi) is 16.6. The fourth-order valence-electron chi connectivity index (χ4n) is 7.36. The molecule has 0 bridgehead atoms. The topological polar surface area (TPSA) is 544 Å². The fourth-order valence-corrected chi connectivity index (χ4v) is 11.4. The van der Waals surface area contributed by atoms with Crippen molar-refractivity contribution < 1.29 is 82.6 Å². The number of benzene rings is 5. The Morgan fingerprint density at radius 1 is 0.488 bits per heavy atom. The second-order valence-electron chi connectivity index (χ2n) is 16.9. The van der Waals surface area contributed by atoms with Crippen LogP contribution in [0, 0.1) is 13.8 Å². The lowest BCUT2D eigenvalue weighted by Gasteiger charge is -2.20. The van der Waals surface area contributed by atoms with Crippen LogP contribution in [-0.4, -0.2) is 119 Å². The second-order valence-corrected chi connectivity index (χ2v) is 26.0. The molecule has 0 amide bonds. The number of halogens is 2. The molecule has 2 heterocycles. The molecular weight excluding hydrogens is 1280 g/mol. The number of hydrogen-bond donors (Lipinski definition) is 12. The number of azo groups is 1. The van der Waals surface area contributed by atoms with E-state index in [2.05, 4.69) is 71.9 Å². The highest BCUT2D eigenvalue weighted by molar-refractivity contribution is 7.91. The van der Waals surface area contributed by atoms with Crippen LogP contribution in [0.2, 0.25) is 10.6 Å². The Morgan fingerprint density at radius 3 is 1.50 bits per heavy atom. The summed E-state index contributed by atoms with van der Waals surface area (Å²) >= 11 is 12.2. The largest absolute Gasteiger partial charge is 0.396 e. The monoisotopic (exact) mass is 1310 g/mol. The minimum atomic E-state index is -5.56. The van der Waals surface area contributed by atoms with Gasteiger partial charge in [-0.3, -0.25) is 37.5 Å². The Balaban J connectivity index is 1.10. The van der Waals surface area contributed by atoms with Crippen LogP contribution in [0.25, 0.3) is 6.08 Å². The first-order chi connectivity index (χ1) is 38.8. The molecule has 84 heavy (non-hydrogen) atoms. The molecule has 0 saturated carbocycles. The molecule has 2 aromatic heterocycles. The molecule has 0 radical (unpaired) electrons. The number of carbonyl (C=O) groups is 1. The number of carbonyl (C=O) groups excluding carboxylic acids is 1. The molecule has 0 aliphatic heterocycles. The standard InChI is InChI=1S/C42H33Cl2N15O19S6/c1-17-3-6-23(80(64,65)66)16-27(17)49-42-53-38(44)51-40(55-42)47-21-5-9-26(29(15-21)82(70,71)72)57-59-35-31(84(76,77)78)13-19-12-30(83(73,74)75)34(33(45)32(19)36(35)60)58-56-25-8-4-20(14-28(25)81(67,68)69)46-39-50-37(43)52-41(54-39)48-24-10-7-22(11-18(24)2)79(61,62)63/h3-16,57H,45H2,1-2H3,(H,61,62,63)(H,64,65,66)(H,67,68,69)(H,70,71,72)(H,73,74,75)(H,76,77,78)(H2,46,48,50,52,54)(H2,47,49,51,53,55)/b58-56?,59-35-. The minimum Gasteiger partial charge on any atom is -0.396 e. The normalized spacial score (nSPS) is 13.8. The molecular formula is C42H33Cl2N15O19S6. The molecule has 1 aliphatic rings. The van der Waals surface area contributed by atoms with E-state index >= 15 is 0 Å². The first-order valence-electron chi connectivity index (χ1n) is 22.1. The number of nitrogen functional groups attached to an aromatic ring is 1. The first-order valence-corrected chi connectivity index (χ1v) is 31.5. The van der Waals surface area contributed by atoms with Gasteiger partial charge in [0.15, 0.2) is 5.71 Å². The van der Waals surface area contributed by atoms with Gasteiger partial charge < -0.3 is 27.0 Å². The van der Waals surface area contributed by atoms with Crippen molar-refractivity contribution in [3.8, 4) is 0 Å². The average Bonchev–Trinajstić information content (AvgIpc) is 1.87. The minimum absolute atomic E-state index is 0.0983. The highest BCUT2D eigenvalue weighted by Gasteiger charge is 2.37. The zero-order valence-corrected chi connectivity index (χ0v) is 47.8. The predicted octanol–water partition coefficient (Wildman–Crippen LogP) is 6.08. The molecule has 1 aliphatic carbocycles. The number of Topliss-reactive ketones (excluding diaryl/α,β-unsaturated/α-hetero) is 1. The number of hydrogen-bond acceptors (Lipinski definition) is 28. The van der Waals surface area contributed by atoms with Gasteiger partial charge in [-0.2, -0.15) is 85.5 Å². The first kappa shape index (κ1) is 61.7. The van der Waals surface area contributed by atoms with E-state index in [0.29, 0.717) is 23.3 Å². The number of anilines is 10. The molecule has 440 valence electrons. The van der Waals surface area contributed by atoms with Gasteiger partial charge in [0.1, 0.15) is 31.0 Å². The van der Waals surface area contributed by atoms with Gasteiger partial charge in [-0.25, -0.2) is 0 Å². The van der Waals surface area contributed by atoms with E-state index in [-0.39, 0.29) is 46.5 Å². The van der Waals surface area contributed by atoms with Gasteiger partial charge in [0.05, 0.1) is 26.7 Å². The van der Waals surface area contributed by atoms with Gasteiger partial charge in [0.2, 0.25) is 40.1 Å². The van der Waals surface area contributed by atoms with E-state index in [0.717, 1.165) is 60.7 Å². The van der Waals surface area contributed by atoms with E-state index < -0.39 is 146 Å². The number of nitrogens with zero attached hydrogens (tertiary/aromatic N) is 9.